The van der Waals surface area contributed by atoms with Gasteiger partial charge >= 0.3 is 0 Å². The zero-order chi connectivity index (χ0) is 19.0. The average Bonchev–Trinajstić information content (AvgIpc) is 2.66. The maximum absolute atomic E-state index is 3.43. The van der Waals surface area contributed by atoms with E-state index in [1.54, 1.807) is 0 Å². The van der Waals surface area contributed by atoms with Crippen molar-refractivity contribution in [1.82, 2.24) is 0 Å². The number of benzene rings is 1. The van der Waals surface area contributed by atoms with Gasteiger partial charge in [-0.25, -0.2) is 0 Å². The third-order valence-electron chi connectivity index (χ3n) is 4.73. The van der Waals surface area contributed by atoms with Gasteiger partial charge in [-0.3, -0.25) is 0 Å². The van der Waals surface area contributed by atoms with E-state index in [-0.39, 0.29) is 0 Å². The molecule has 1 aromatic rings. The Morgan fingerprint density at radius 2 is 1.00 bits per heavy atom. The molecule has 0 saturated carbocycles. The van der Waals surface area contributed by atoms with Gasteiger partial charge in [0, 0.05) is 24.0 Å². The van der Waals surface area contributed by atoms with Gasteiger partial charge in [0.25, 0.3) is 0 Å². The molecule has 0 amide bonds. The largest absolute Gasteiger partial charge is 0.0982 e. The van der Waals surface area contributed by atoms with Crippen LogP contribution in [0.25, 0.3) is 0 Å². The molecule has 0 atom stereocenters. The zero-order valence-corrected chi connectivity index (χ0v) is 17.6. The maximum atomic E-state index is 3.43. The van der Waals surface area contributed by atoms with E-state index in [4.69, 9.17) is 0 Å². The van der Waals surface area contributed by atoms with Crippen LogP contribution in [0.3, 0.4) is 0 Å². The Balaban J connectivity index is 3.09. The van der Waals surface area contributed by atoms with Crippen LogP contribution < -0.4 is 0 Å². The second-order valence-electron chi connectivity index (χ2n) is 7.10. The second-order valence-corrected chi connectivity index (χ2v) is 7.10. The normalized spacial score (nSPS) is 10.0. The minimum atomic E-state index is 0.915. The summed E-state index contributed by atoms with van der Waals surface area (Å²) >= 11 is 0. The van der Waals surface area contributed by atoms with Crippen LogP contribution in [0.2, 0.25) is 0 Å². The molecule has 1 rings (SSSR count). The highest BCUT2D eigenvalue weighted by molar-refractivity contribution is 5.52. The summed E-state index contributed by atoms with van der Waals surface area (Å²) in [5.41, 5.74) is 5.30. The average molecular weight is 351 g/mol. The van der Waals surface area contributed by atoms with E-state index in [1.165, 1.54) is 73.6 Å². The summed E-state index contributed by atoms with van der Waals surface area (Å²) < 4.78 is 0. The van der Waals surface area contributed by atoms with Crippen molar-refractivity contribution in [3.63, 3.8) is 0 Å². The lowest BCUT2D eigenvalue weighted by Gasteiger charge is -2.12. The molecular formula is C26H38. The summed E-state index contributed by atoms with van der Waals surface area (Å²) in [6.07, 6.45) is 14.4. The number of unbranched alkanes of at least 4 members (excludes halogenated alkanes) is 6. The fourth-order valence-electron chi connectivity index (χ4n) is 3.19. The number of hydrogen-bond donors (Lipinski definition) is 0. The van der Waals surface area contributed by atoms with Crippen molar-refractivity contribution in [2.24, 2.45) is 0 Å². The molecule has 0 saturated heterocycles. The van der Waals surface area contributed by atoms with Gasteiger partial charge in [-0.1, -0.05) is 89.9 Å². The quantitative estimate of drug-likeness (QED) is 0.303. The Labute approximate surface area is 163 Å². The smallest absolute Gasteiger partial charge is 0.0280 e. The van der Waals surface area contributed by atoms with Gasteiger partial charge in [0.05, 0.1) is 0 Å². The van der Waals surface area contributed by atoms with Crippen LogP contribution >= 0.6 is 0 Å². The van der Waals surface area contributed by atoms with Crippen molar-refractivity contribution in [3.8, 4) is 23.7 Å². The van der Waals surface area contributed by atoms with Crippen LogP contribution in [0, 0.1) is 23.7 Å². The minimum absolute atomic E-state index is 0.915. The van der Waals surface area contributed by atoms with Crippen molar-refractivity contribution >= 4 is 0 Å². The first kappa shape index (κ1) is 22.4. The van der Waals surface area contributed by atoms with E-state index in [1.807, 2.05) is 0 Å². The molecule has 26 heavy (non-hydrogen) atoms. The van der Waals surface area contributed by atoms with E-state index < -0.39 is 0 Å². The van der Waals surface area contributed by atoms with Crippen LogP contribution in [0.1, 0.15) is 114 Å². The molecule has 0 unspecified atom stereocenters. The summed E-state index contributed by atoms with van der Waals surface area (Å²) in [6, 6.07) is 4.70. The maximum Gasteiger partial charge on any atom is 0.0280 e. The third-order valence-corrected chi connectivity index (χ3v) is 4.73. The first-order valence-corrected chi connectivity index (χ1v) is 10.9. The summed E-state index contributed by atoms with van der Waals surface area (Å²) in [7, 11) is 0. The molecule has 0 spiro atoms. The standard InChI is InChI=1S/C26H38/c1-5-9-13-15-19-25-21-24(18-12-8-4)26(20-16-14-10-6-2)22-23(25)17-11-7-3/h21-22H,5-10,13-16,19-20H2,1-4H3. The highest BCUT2D eigenvalue weighted by Gasteiger charge is 2.08. The van der Waals surface area contributed by atoms with E-state index >= 15 is 0 Å². The van der Waals surface area contributed by atoms with Crippen molar-refractivity contribution in [3.05, 3.63) is 34.4 Å². The summed E-state index contributed by atoms with van der Waals surface area (Å²) in [6.45, 7) is 8.79. The fraction of sp³-hybridized carbons (Fsp3) is 0.615. The van der Waals surface area contributed by atoms with Crippen LogP contribution in [0.5, 0.6) is 0 Å². The minimum Gasteiger partial charge on any atom is -0.0982 e. The van der Waals surface area contributed by atoms with Gasteiger partial charge in [0.1, 0.15) is 0 Å². The topological polar surface area (TPSA) is 0 Å². The summed E-state index contributed by atoms with van der Waals surface area (Å²) in [5, 5.41) is 0. The third kappa shape index (κ3) is 8.63. The van der Waals surface area contributed by atoms with E-state index in [9.17, 15) is 0 Å². The van der Waals surface area contributed by atoms with Gasteiger partial charge in [0.15, 0.2) is 0 Å². The molecule has 0 radical (unpaired) electrons. The highest BCUT2D eigenvalue weighted by Crippen LogP contribution is 2.21. The van der Waals surface area contributed by atoms with E-state index in [0.29, 0.717) is 0 Å². The Bertz CT molecular complexity index is 570. The highest BCUT2D eigenvalue weighted by atomic mass is 14.1. The lowest BCUT2D eigenvalue weighted by molar-refractivity contribution is 0.662. The number of aryl methyl sites for hydroxylation is 2. The Hall–Kier alpha value is -1.66. The Morgan fingerprint density at radius 1 is 0.577 bits per heavy atom. The first-order chi connectivity index (χ1) is 12.8. The molecule has 1 aromatic carbocycles. The molecule has 0 N–H and O–H groups in total. The Kier molecular flexibility index (Phi) is 12.5. The monoisotopic (exact) mass is 350 g/mol. The number of rotatable bonds is 10. The van der Waals surface area contributed by atoms with Crippen molar-refractivity contribution in [2.75, 3.05) is 0 Å². The molecule has 0 bridgehead atoms. The number of hydrogen-bond acceptors (Lipinski definition) is 0. The SMILES string of the molecule is CCC#Cc1cc(CCCCCC)c(C#CCC)cc1CCCCCC. The van der Waals surface area contributed by atoms with Gasteiger partial charge in [-0.15, -0.1) is 0 Å². The first-order valence-electron chi connectivity index (χ1n) is 10.9. The molecule has 0 heteroatoms. The van der Waals surface area contributed by atoms with Crippen LogP contribution in [0.15, 0.2) is 12.1 Å². The van der Waals surface area contributed by atoms with Gasteiger partial charge in [-0.2, -0.15) is 0 Å². The zero-order valence-electron chi connectivity index (χ0n) is 17.6. The molecule has 0 heterocycles. The summed E-state index contributed by atoms with van der Waals surface area (Å²) in [5.74, 6) is 13.4. The van der Waals surface area contributed by atoms with E-state index in [2.05, 4.69) is 63.5 Å². The van der Waals surface area contributed by atoms with Gasteiger partial charge in [-0.05, 0) is 48.9 Å². The summed E-state index contributed by atoms with van der Waals surface area (Å²) in [4.78, 5) is 0. The van der Waals surface area contributed by atoms with Crippen LogP contribution in [-0.2, 0) is 12.8 Å². The van der Waals surface area contributed by atoms with Crippen LogP contribution in [-0.4, -0.2) is 0 Å². The van der Waals surface area contributed by atoms with Crippen molar-refractivity contribution in [2.45, 2.75) is 105 Å². The predicted octanol–water partition coefficient (Wildman–Crippen LogP) is 7.46. The van der Waals surface area contributed by atoms with Crippen LogP contribution in [0.4, 0.5) is 0 Å². The lowest BCUT2D eigenvalue weighted by atomic mass is 9.92. The fourth-order valence-corrected chi connectivity index (χ4v) is 3.19. The Morgan fingerprint density at radius 3 is 1.35 bits per heavy atom. The predicted molar refractivity (Wildman–Crippen MR) is 116 cm³/mol. The second kappa shape index (κ2) is 14.5. The van der Waals surface area contributed by atoms with Gasteiger partial charge < -0.3 is 0 Å². The molecule has 0 aliphatic rings. The van der Waals surface area contributed by atoms with Crippen molar-refractivity contribution < 1.29 is 0 Å². The molecule has 0 aromatic heterocycles. The molecular weight excluding hydrogens is 312 g/mol. The van der Waals surface area contributed by atoms with Crippen molar-refractivity contribution in [1.29, 1.82) is 0 Å². The molecule has 0 nitrogen and oxygen atoms in total. The van der Waals surface area contributed by atoms with Gasteiger partial charge in [0.2, 0.25) is 0 Å². The van der Waals surface area contributed by atoms with E-state index in [0.717, 1.165) is 25.7 Å². The molecule has 0 aliphatic heterocycles. The molecule has 0 fully saturated rings. The molecule has 142 valence electrons. The lowest BCUT2D eigenvalue weighted by Crippen LogP contribution is -1.99. The molecule has 0 aliphatic carbocycles.